The molecule has 24 heavy (non-hydrogen) atoms. The molecule has 0 unspecified atom stereocenters. The highest BCUT2D eigenvalue weighted by Crippen LogP contribution is 2.46. The van der Waals surface area contributed by atoms with Crippen LogP contribution in [0.15, 0.2) is 24.8 Å². The van der Waals surface area contributed by atoms with Crippen molar-refractivity contribution >= 4 is 11.6 Å². The molecule has 5 rings (SSSR count). The van der Waals surface area contributed by atoms with Gasteiger partial charge in [-0.1, -0.05) is 6.42 Å². The topological polar surface area (TPSA) is 53.7 Å². The van der Waals surface area contributed by atoms with Crippen molar-refractivity contribution in [3.63, 3.8) is 0 Å². The number of nitrogens with zero attached hydrogens (tertiary/aromatic N) is 5. The van der Waals surface area contributed by atoms with Gasteiger partial charge in [-0.05, 0) is 31.1 Å². The van der Waals surface area contributed by atoms with Crippen LogP contribution in [-0.4, -0.2) is 62.3 Å². The van der Waals surface area contributed by atoms with Crippen LogP contribution in [0.5, 0.6) is 0 Å². The summed E-state index contributed by atoms with van der Waals surface area (Å²) < 4.78 is 1.85. The largest absolute Gasteiger partial charge is 0.335 e. The Labute approximate surface area is 141 Å². The average molecular weight is 325 g/mol. The molecule has 6 nitrogen and oxygen atoms in total. The third-order valence-electron chi connectivity index (χ3n) is 6.29. The maximum Gasteiger partial charge on any atom is 0.276 e. The second kappa shape index (κ2) is 5.55. The van der Waals surface area contributed by atoms with Crippen LogP contribution in [0.3, 0.4) is 0 Å². The van der Waals surface area contributed by atoms with Crippen LogP contribution in [0.4, 0.5) is 0 Å². The first kappa shape index (κ1) is 14.4. The van der Waals surface area contributed by atoms with Gasteiger partial charge in [0.2, 0.25) is 0 Å². The molecular weight excluding hydrogens is 302 g/mol. The van der Waals surface area contributed by atoms with E-state index in [1.54, 1.807) is 12.4 Å². The predicted molar refractivity (Wildman–Crippen MR) is 89.7 cm³/mol. The molecule has 3 fully saturated rings. The van der Waals surface area contributed by atoms with E-state index in [1.165, 1.54) is 25.7 Å². The Morgan fingerprint density at radius 1 is 1.00 bits per heavy atom. The highest BCUT2D eigenvalue weighted by atomic mass is 16.2. The van der Waals surface area contributed by atoms with Gasteiger partial charge in [-0.25, -0.2) is 9.97 Å². The fraction of sp³-hybridized carbons (Fsp3) is 0.611. The molecule has 0 spiro atoms. The van der Waals surface area contributed by atoms with E-state index in [2.05, 4.69) is 14.9 Å². The summed E-state index contributed by atoms with van der Waals surface area (Å²) in [5, 5.41) is 0. The molecule has 1 amide bonds. The van der Waals surface area contributed by atoms with E-state index in [-0.39, 0.29) is 5.91 Å². The van der Waals surface area contributed by atoms with Gasteiger partial charge in [0.15, 0.2) is 11.3 Å². The molecule has 1 aliphatic heterocycles. The summed E-state index contributed by atoms with van der Waals surface area (Å²) in [5.74, 6) is 1.90. The number of hydrogen-bond acceptors (Lipinski definition) is 4. The van der Waals surface area contributed by atoms with Gasteiger partial charge in [0.1, 0.15) is 0 Å². The van der Waals surface area contributed by atoms with Gasteiger partial charge in [-0.3, -0.25) is 9.69 Å². The minimum absolute atomic E-state index is 0.0133. The number of amides is 1. The lowest BCUT2D eigenvalue weighted by atomic mass is 9.93. The highest BCUT2D eigenvalue weighted by molar-refractivity contribution is 5.97. The average Bonchev–Trinajstić information content (AvgIpc) is 3.36. The molecule has 0 radical (unpaired) electrons. The van der Waals surface area contributed by atoms with Gasteiger partial charge < -0.3 is 9.30 Å². The molecule has 3 atom stereocenters. The van der Waals surface area contributed by atoms with Crippen LogP contribution in [-0.2, 0) is 0 Å². The quantitative estimate of drug-likeness (QED) is 0.843. The van der Waals surface area contributed by atoms with E-state index >= 15 is 0 Å². The normalized spacial score (nSPS) is 30.3. The van der Waals surface area contributed by atoms with E-state index in [0.29, 0.717) is 11.3 Å². The van der Waals surface area contributed by atoms with Gasteiger partial charge in [0.25, 0.3) is 5.91 Å². The van der Waals surface area contributed by atoms with Crippen LogP contribution in [0, 0.1) is 11.8 Å². The van der Waals surface area contributed by atoms with Crippen molar-refractivity contribution in [2.75, 3.05) is 26.2 Å². The van der Waals surface area contributed by atoms with E-state index in [0.717, 1.165) is 44.1 Å². The molecule has 6 heteroatoms. The number of aromatic nitrogens is 3. The van der Waals surface area contributed by atoms with Crippen molar-refractivity contribution in [2.24, 2.45) is 11.8 Å². The summed E-state index contributed by atoms with van der Waals surface area (Å²) >= 11 is 0. The fourth-order valence-corrected chi connectivity index (χ4v) is 5.07. The van der Waals surface area contributed by atoms with Gasteiger partial charge in [0.05, 0.1) is 0 Å². The minimum Gasteiger partial charge on any atom is -0.335 e. The van der Waals surface area contributed by atoms with Crippen molar-refractivity contribution in [3.05, 3.63) is 30.5 Å². The summed E-state index contributed by atoms with van der Waals surface area (Å²) in [4.78, 5) is 26.0. The number of piperazine rings is 1. The van der Waals surface area contributed by atoms with Crippen molar-refractivity contribution in [2.45, 2.75) is 31.7 Å². The predicted octanol–water partition coefficient (Wildman–Crippen LogP) is 1.68. The van der Waals surface area contributed by atoms with Crippen LogP contribution in [0.1, 0.15) is 36.2 Å². The molecular formula is C18H23N5O. The summed E-state index contributed by atoms with van der Waals surface area (Å²) in [7, 11) is 0. The number of fused-ring (bicyclic) bond motifs is 3. The van der Waals surface area contributed by atoms with E-state index in [4.69, 9.17) is 0 Å². The van der Waals surface area contributed by atoms with Crippen LogP contribution in [0.2, 0.25) is 0 Å². The van der Waals surface area contributed by atoms with Crippen LogP contribution >= 0.6 is 0 Å². The van der Waals surface area contributed by atoms with Gasteiger partial charge in [-0.2, -0.15) is 0 Å². The lowest BCUT2D eigenvalue weighted by Crippen LogP contribution is -2.53. The summed E-state index contributed by atoms with van der Waals surface area (Å²) in [6.07, 6.45) is 12.7. The van der Waals surface area contributed by atoms with Gasteiger partial charge in [-0.15, -0.1) is 0 Å². The van der Waals surface area contributed by atoms with Crippen LogP contribution < -0.4 is 0 Å². The molecule has 126 valence electrons. The summed E-state index contributed by atoms with van der Waals surface area (Å²) in [5.41, 5.74) is 1.12. The lowest BCUT2D eigenvalue weighted by molar-refractivity contribution is 0.0492. The second-order valence-corrected chi connectivity index (χ2v) is 7.50. The molecule has 2 saturated carbocycles. The Morgan fingerprint density at radius 2 is 1.79 bits per heavy atom. The SMILES string of the molecule is O=C(c1nccn2ccnc12)N1CCN([C@@H]2C[C@H]3CC[C@H]2C3)CC1. The highest BCUT2D eigenvalue weighted by Gasteiger charge is 2.43. The third-order valence-corrected chi connectivity index (χ3v) is 6.29. The van der Waals surface area contributed by atoms with E-state index in [9.17, 15) is 4.79 Å². The van der Waals surface area contributed by atoms with Crippen LogP contribution in [0.25, 0.3) is 5.65 Å². The Balaban J connectivity index is 1.28. The van der Waals surface area contributed by atoms with Crippen molar-refractivity contribution < 1.29 is 4.79 Å². The zero-order chi connectivity index (χ0) is 16.1. The first-order valence-electron chi connectivity index (χ1n) is 9.10. The monoisotopic (exact) mass is 325 g/mol. The molecule has 3 heterocycles. The minimum atomic E-state index is 0.0133. The first-order valence-corrected chi connectivity index (χ1v) is 9.10. The molecule has 2 bridgehead atoms. The summed E-state index contributed by atoms with van der Waals surface area (Å²) in [6.45, 7) is 3.60. The zero-order valence-electron chi connectivity index (χ0n) is 13.8. The number of carbonyl (C=O) groups is 1. The first-order chi connectivity index (χ1) is 11.8. The number of carbonyl (C=O) groups excluding carboxylic acids is 1. The third kappa shape index (κ3) is 2.24. The van der Waals surface area contributed by atoms with Crippen molar-refractivity contribution in [3.8, 4) is 0 Å². The molecule has 2 aliphatic carbocycles. The van der Waals surface area contributed by atoms with E-state index < -0.39 is 0 Å². The number of rotatable bonds is 2. The molecule has 2 aromatic heterocycles. The second-order valence-electron chi connectivity index (χ2n) is 7.50. The Hall–Kier alpha value is -1.95. The standard InChI is InChI=1S/C18H23N5O/c24-18(16-17-20-4-6-22(17)5-3-19-16)23-9-7-21(8-10-23)15-12-13-1-2-14(15)11-13/h3-6,13-15H,1-2,7-12H2/t13-,14-,15+/m0/s1. The molecule has 2 aromatic rings. The number of hydrogen-bond donors (Lipinski definition) is 0. The number of imidazole rings is 1. The Kier molecular flexibility index (Phi) is 3.33. The molecule has 3 aliphatic rings. The van der Waals surface area contributed by atoms with Gasteiger partial charge >= 0.3 is 0 Å². The molecule has 1 saturated heterocycles. The maximum absolute atomic E-state index is 12.9. The molecule has 0 N–H and O–H groups in total. The lowest BCUT2D eigenvalue weighted by Gasteiger charge is -2.40. The fourth-order valence-electron chi connectivity index (χ4n) is 5.07. The Morgan fingerprint density at radius 3 is 2.50 bits per heavy atom. The van der Waals surface area contributed by atoms with Crippen molar-refractivity contribution in [1.29, 1.82) is 0 Å². The molecule has 0 aromatic carbocycles. The Bertz CT molecular complexity index is 764. The van der Waals surface area contributed by atoms with Crippen molar-refractivity contribution in [1.82, 2.24) is 24.2 Å². The van der Waals surface area contributed by atoms with Gasteiger partial charge in [0, 0.05) is 57.0 Å². The zero-order valence-corrected chi connectivity index (χ0v) is 13.8. The maximum atomic E-state index is 12.9. The summed E-state index contributed by atoms with van der Waals surface area (Å²) in [6, 6.07) is 0.773. The smallest absolute Gasteiger partial charge is 0.276 e. The van der Waals surface area contributed by atoms with E-state index in [1.807, 2.05) is 21.7 Å².